The van der Waals surface area contributed by atoms with Gasteiger partial charge in [0.1, 0.15) is 11.6 Å². The maximum atomic E-state index is 13.7. The summed E-state index contributed by atoms with van der Waals surface area (Å²) >= 11 is 1.25. The zero-order chi connectivity index (χ0) is 17.9. The van der Waals surface area contributed by atoms with Gasteiger partial charge in [0, 0.05) is 30.1 Å². The molecule has 0 saturated carbocycles. The molecule has 0 bridgehead atoms. The highest BCUT2D eigenvalue weighted by molar-refractivity contribution is 8.00. The number of hydrogen-bond donors (Lipinski definition) is 0. The Morgan fingerprint density at radius 1 is 1.19 bits per heavy atom. The van der Waals surface area contributed by atoms with E-state index >= 15 is 0 Å². The third kappa shape index (κ3) is 3.44. The minimum Gasteiger partial charge on any atom is -0.341 e. The fourth-order valence-electron chi connectivity index (χ4n) is 3.35. The van der Waals surface area contributed by atoms with Crippen molar-refractivity contribution in [1.82, 2.24) is 19.5 Å². The Morgan fingerprint density at radius 3 is 2.92 bits per heavy atom. The van der Waals surface area contributed by atoms with Crippen LogP contribution in [0.1, 0.15) is 24.6 Å². The van der Waals surface area contributed by atoms with Crippen LogP contribution in [0.15, 0.2) is 53.6 Å². The molecule has 1 aliphatic heterocycles. The lowest BCUT2D eigenvalue weighted by Gasteiger charge is -2.32. The lowest BCUT2D eigenvalue weighted by Crippen LogP contribution is -2.40. The van der Waals surface area contributed by atoms with Crippen LogP contribution in [-0.4, -0.2) is 44.2 Å². The molecule has 1 fully saturated rings. The summed E-state index contributed by atoms with van der Waals surface area (Å²) in [5.74, 6) is 1.07. The molecule has 26 heavy (non-hydrogen) atoms. The second kappa shape index (κ2) is 7.45. The molecular weight excluding hydrogens is 351 g/mol. The second-order valence-electron chi connectivity index (χ2n) is 6.39. The molecule has 1 unspecified atom stereocenters. The number of carbonyl (C=O) groups is 1. The standard InChI is InChI=1S/C19H19FN4OS/c20-15-7-1-2-8-16(15)26-13-18(25)23-10-5-6-14(12-23)19-22-21-17-9-3-4-11-24(17)19/h1-4,7-9,11,14H,5-6,10,12-13H2. The highest BCUT2D eigenvalue weighted by Gasteiger charge is 2.27. The van der Waals surface area contributed by atoms with Gasteiger partial charge < -0.3 is 4.90 Å². The van der Waals surface area contributed by atoms with Gasteiger partial charge in [0.05, 0.1) is 5.75 Å². The van der Waals surface area contributed by atoms with Crippen molar-refractivity contribution in [2.45, 2.75) is 23.7 Å². The van der Waals surface area contributed by atoms with Crippen molar-refractivity contribution in [3.63, 3.8) is 0 Å². The number of halogens is 1. The summed E-state index contributed by atoms with van der Waals surface area (Å²) in [6, 6.07) is 12.4. The van der Waals surface area contributed by atoms with E-state index in [9.17, 15) is 9.18 Å². The number of hydrogen-bond acceptors (Lipinski definition) is 4. The molecule has 0 N–H and O–H groups in total. The molecule has 134 valence electrons. The summed E-state index contributed by atoms with van der Waals surface area (Å²) in [5, 5.41) is 8.55. The number of benzene rings is 1. The predicted molar refractivity (Wildman–Crippen MR) is 98.7 cm³/mol. The highest BCUT2D eigenvalue weighted by atomic mass is 32.2. The molecule has 5 nitrogen and oxygen atoms in total. The van der Waals surface area contributed by atoms with Crippen molar-refractivity contribution in [1.29, 1.82) is 0 Å². The molecule has 0 radical (unpaired) electrons. The lowest BCUT2D eigenvalue weighted by molar-refractivity contribution is -0.129. The number of carbonyl (C=O) groups excluding carboxylic acids is 1. The normalized spacial score (nSPS) is 17.6. The van der Waals surface area contributed by atoms with Crippen molar-refractivity contribution >= 4 is 23.3 Å². The third-order valence-electron chi connectivity index (χ3n) is 4.67. The first-order chi connectivity index (χ1) is 12.7. The number of aromatic nitrogens is 3. The summed E-state index contributed by atoms with van der Waals surface area (Å²) < 4.78 is 15.7. The number of thioether (sulfide) groups is 1. The van der Waals surface area contributed by atoms with Crippen molar-refractivity contribution < 1.29 is 9.18 Å². The van der Waals surface area contributed by atoms with Gasteiger partial charge in [-0.2, -0.15) is 0 Å². The van der Waals surface area contributed by atoms with Crippen molar-refractivity contribution in [3.8, 4) is 0 Å². The van der Waals surface area contributed by atoms with E-state index < -0.39 is 0 Å². The van der Waals surface area contributed by atoms with E-state index in [2.05, 4.69) is 10.2 Å². The SMILES string of the molecule is O=C(CSc1ccccc1F)N1CCCC(c2nnc3ccccn23)C1. The van der Waals surface area contributed by atoms with E-state index in [-0.39, 0.29) is 23.4 Å². The van der Waals surface area contributed by atoms with Crippen LogP contribution in [-0.2, 0) is 4.79 Å². The Bertz CT molecular complexity index is 929. The minimum absolute atomic E-state index is 0.0387. The molecule has 0 aliphatic carbocycles. The van der Waals surface area contributed by atoms with E-state index in [0.29, 0.717) is 11.4 Å². The smallest absolute Gasteiger partial charge is 0.232 e. The number of fused-ring (bicyclic) bond motifs is 1. The molecule has 3 aromatic rings. The van der Waals surface area contributed by atoms with Gasteiger partial charge in [-0.25, -0.2) is 4.39 Å². The molecule has 1 aliphatic rings. The zero-order valence-electron chi connectivity index (χ0n) is 14.2. The van der Waals surface area contributed by atoms with Gasteiger partial charge in [0.2, 0.25) is 5.91 Å². The van der Waals surface area contributed by atoms with Crippen LogP contribution in [0.4, 0.5) is 4.39 Å². The number of rotatable bonds is 4. The van der Waals surface area contributed by atoms with Gasteiger partial charge in [-0.15, -0.1) is 22.0 Å². The van der Waals surface area contributed by atoms with E-state index in [4.69, 9.17) is 0 Å². The monoisotopic (exact) mass is 370 g/mol. The molecular formula is C19H19FN4OS. The first kappa shape index (κ1) is 17.0. The van der Waals surface area contributed by atoms with Crippen molar-refractivity contribution in [2.24, 2.45) is 0 Å². The molecule has 4 rings (SSSR count). The molecule has 1 atom stereocenters. The van der Waals surface area contributed by atoms with E-state index in [0.717, 1.165) is 30.9 Å². The van der Waals surface area contributed by atoms with E-state index in [1.54, 1.807) is 18.2 Å². The first-order valence-electron chi connectivity index (χ1n) is 8.67. The van der Waals surface area contributed by atoms with Crippen LogP contribution in [0, 0.1) is 5.82 Å². The molecule has 7 heteroatoms. The fraction of sp³-hybridized carbons (Fsp3) is 0.316. The first-order valence-corrected chi connectivity index (χ1v) is 9.65. The van der Waals surface area contributed by atoms with Crippen LogP contribution in [0.3, 0.4) is 0 Å². The highest BCUT2D eigenvalue weighted by Crippen LogP contribution is 2.27. The van der Waals surface area contributed by atoms with E-state index in [1.165, 1.54) is 17.8 Å². The molecule has 1 amide bonds. The Labute approximate surface area is 155 Å². The van der Waals surface area contributed by atoms with E-state index in [1.807, 2.05) is 33.7 Å². The van der Waals surface area contributed by atoms with Crippen LogP contribution >= 0.6 is 11.8 Å². The summed E-state index contributed by atoms with van der Waals surface area (Å²) in [6.07, 6.45) is 3.88. The number of nitrogens with zero attached hydrogens (tertiary/aromatic N) is 4. The number of likely N-dealkylation sites (tertiary alicyclic amines) is 1. The Morgan fingerprint density at radius 2 is 2.04 bits per heavy atom. The third-order valence-corrected chi connectivity index (χ3v) is 5.70. The molecule has 0 spiro atoms. The second-order valence-corrected chi connectivity index (χ2v) is 7.40. The van der Waals surface area contributed by atoms with Gasteiger partial charge in [0.15, 0.2) is 5.65 Å². The maximum Gasteiger partial charge on any atom is 0.232 e. The molecule has 3 heterocycles. The minimum atomic E-state index is -0.281. The van der Waals surface area contributed by atoms with Crippen LogP contribution in [0.2, 0.25) is 0 Å². The largest absolute Gasteiger partial charge is 0.341 e. The van der Waals surface area contributed by atoms with Crippen LogP contribution < -0.4 is 0 Å². The van der Waals surface area contributed by atoms with Crippen molar-refractivity contribution in [3.05, 3.63) is 60.3 Å². The zero-order valence-corrected chi connectivity index (χ0v) is 15.0. The van der Waals surface area contributed by atoms with Crippen LogP contribution in [0.5, 0.6) is 0 Å². The lowest BCUT2D eigenvalue weighted by atomic mass is 9.97. The Kier molecular flexibility index (Phi) is 4.88. The quantitative estimate of drug-likeness (QED) is 0.661. The number of piperidine rings is 1. The number of amides is 1. The fourth-order valence-corrected chi connectivity index (χ4v) is 4.19. The Hall–Kier alpha value is -2.41. The average molecular weight is 370 g/mol. The Balaban J connectivity index is 1.43. The van der Waals surface area contributed by atoms with Gasteiger partial charge in [-0.1, -0.05) is 18.2 Å². The molecule has 1 saturated heterocycles. The summed E-state index contributed by atoms with van der Waals surface area (Å²) in [7, 11) is 0. The molecule has 2 aromatic heterocycles. The maximum absolute atomic E-state index is 13.7. The van der Waals surface area contributed by atoms with Gasteiger partial charge in [-0.3, -0.25) is 9.20 Å². The van der Waals surface area contributed by atoms with Gasteiger partial charge >= 0.3 is 0 Å². The summed E-state index contributed by atoms with van der Waals surface area (Å²) in [5.41, 5.74) is 0.820. The summed E-state index contributed by atoms with van der Waals surface area (Å²) in [6.45, 7) is 1.37. The number of pyridine rings is 1. The van der Waals surface area contributed by atoms with Crippen molar-refractivity contribution in [2.75, 3.05) is 18.8 Å². The average Bonchev–Trinajstić information content (AvgIpc) is 3.11. The van der Waals surface area contributed by atoms with Gasteiger partial charge in [-0.05, 0) is 37.1 Å². The molecule has 1 aromatic carbocycles. The predicted octanol–water partition coefficient (Wildman–Crippen LogP) is 3.37. The van der Waals surface area contributed by atoms with Gasteiger partial charge in [0.25, 0.3) is 0 Å². The topological polar surface area (TPSA) is 50.5 Å². The summed E-state index contributed by atoms with van der Waals surface area (Å²) in [4.78, 5) is 15.0. The van der Waals surface area contributed by atoms with Crippen LogP contribution in [0.25, 0.3) is 5.65 Å².